The molecule has 0 fully saturated rings. The van der Waals surface area contributed by atoms with Gasteiger partial charge in [-0.15, -0.1) is 11.3 Å². The third-order valence-corrected chi connectivity index (χ3v) is 3.69. The highest BCUT2D eigenvalue weighted by Crippen LogP contribution is 2.33. The molecule has 19 heavy (non-hydrogen) atoms. The highest BCUT2D eigenvalue weighted by atomic mass is 32.1. The van der Waals surface area contributed by atoms with Crippen LogP contribution in [-0.4, -0.2) is 25.7 Å². The Labute approximate surface area is 117 Å². The van der Waals surface area contributed by atoms with Gasteiger partial charge in [0.05, 0.1) is 20.3 Å². The van der Waals surface area contributed by atoms with Crippen LogP contribution in [-0.2, 0) is 0 Å². The zero-order valence-electron chi connectivity index (χ0n) is 11.3. The van der Waals surface area contributed by atoms with Gasteiger partial charge in [0.1, 0.15) is 16.5 Å². The van der Waals surface area contributed by atoms with Crippen molar-refractivity contribution in [2.24, 2.45) is 0 Å². The lowest BCUT2D eigenvalue weighted by Crippen LogP contribution is -2.22. The van der Waals surface area contributed by atoms with Crippen LogP contribution in [0.15, 0.2) is 29.8 Å². The fraction of sp³-hybridized carbons (Fsp3) is 0.357. The first-order valence-corrected chi connectivity index (χ1v) is 7.02. The van der Waals surface area contributed by atoms with Crippen molar-refractivity contribution in [3.8, 4) is 11.5 Å². The molecule has 5 heteroatoms. The summed E-state index contributed by atoms with van der Waals surface area (Å²) in [4.78, 5) is 4.40. The minimum Gasteiger partial charge on any atom is -0.497 e. The summed E-state index contributed by atoms with van der Waals surface area (Å²) in [5, 5.41) is 6.44. The monoisotopic (exact) mass is 278 g/mol. The maximum Gasteiger partial charge on any atom is 0.124 e. The second-order valence-corrected chi connectivity index (χ2v) is 4.90. The summed E-state index contributed by atoms with van der Waals surface area (Å²) in [5.74, 6) is 1.65. The van der Waals surface area contributed by atoms with E-state index in [0.717, 1.165) is 28.6 Å². The highest BCUT2D eigenvalue weighted by Gasteiger charge is 2.20. The van der Waals surface area contributed by atoms with E-state index in [-0.39, 0.29) is 6.04 Å². The number of rotatable bonds is 6. The molecule has 0 aliphatic carbocycles. The van der Waals surface area contributed by atoms with Crippen molar-refractivity contribution in [2.75, 3.05) is 20.8 Å². The molecule has 0 bridgehead atoms. The SMILES string of the molecule is CCNC(c1nccs1)c1cc(OC)ccc1OC. The van der Waals surface area contributed by atoms with Gasteiger partial charge in [0, 0.05) is 17.1 Å². The molecule has 1 aromatic carbocycles. The van der Waals surface area contributed by atoms with E-state index in [0.29, 0.717) is 0 Å². The Kier molecular flexibility index (Phi) is 4.76. The molecular formula is C14H18N2O2S. The molecular weight excluding hydrogens is 260 g/mol. The molecule has 4 nitrogen and oxygen atoms in total. The third-order valence-electron chi connectivity index (χ3n) is 2.85. The van der Waals surface area contributed by atoms with E-state index in [9.17, 15) is 0 Å². The standard InChI is InChI=1S/C14H18N2O2S/c1-4-15-13(14-16-7-8-19-14)11-9-10(17-2)5-6-12(11)18-3/h5-9,13,15H,4H2,1-3H3. The van der Waals surface area contributed by atoms with E-state index in [1.807, 2.05) is 29.8 Å². The van der Waals surface area contributed by atoms with Crippen molar-refractivity contribution in [1.29, 1.82) is 0 Å². The molecule has 0 aliphatic heterocycles. The van der Waals surface area contributed by atoms with Gasteiger partial charge in [-0.25, -0.2) is 4.98 Å². The zero-order valence-corrected chi connectivity index (χ0v) is 12.2. The lowest BCUT2D eigenvalue weighted by atomic mass is 10.1. The number of benzene rings is 1. The van der Waals surface area contributed by atoms with E-state index in [1.54, 1.807) is 25.6 Å². The number of aromatic nitrogens is 1. The lowest BCUT2D eigenvalue weighted by Gasteiger charge is -2.19. The normalized spacial score (nSPS) is 12.2. The van der Waals surface area contributed by atoms with Gasteiger partial charge in [-0.1, -0.05) is 6.92 Å². The summed E-state index contributed by atoms with van der Waals surface area (Å²) in [6.45, 7) is 2.93. The Balaban J connectivity index is 2.45. The number of hydrogen-bond acceptors (Lipinski definition) is 5. The molecule has 0 spiro atoms. The summed E-state index contributed by atoms with van der Waals surface area (Å²) >= 11 is 1.63. The summed E-state index contributed by atoms with van der Waals surface area (Å²) in [7, 11) is 3.34. The molecule has 0 aliphatic rings. The van der Waals surface area contributed by atoms with Crippen LogP contribution >= 0.6 is 11.3 Å². The smallest absolute Gasteiger partial charge is 0.124 e. The van der Waals surface area contributed by atoms with Gasteiger partial charge in [0.25, 0.3) is 0 Å². The van der Waals surface area contributed by atoms with E-state index in [2.05, 4.69) is 17.2 Å². The molecule has 1 aromatic heterocycles. The van der Waals surface area contributed by atoms with E-state index < -0.39 is 0 Å². The van der Waals surface area contributed by atoms with Crippen molar-refractivity contribution in [2.45, 2.75) is 13.0 Å². The average Bonchev–Trinajstić information content (AvgIpc) is 2.98. The maximum absolute atomic E-state index is 5.45. The molecule has 0 saturated carbocycles. The fourth-order valence-corrected chi connectivity index (χ4v) is 2.71. The van der Waals surface area contributed by atoms with E-state index in [4.69, 9.17) is 9.47 Å². The number of nitrogens with one attached hydrogen (secondary N) is 1. The summed E-state index contributed by atoms with van der Waals surface area (Å²) < 4.78 is 10.8. The van der Waals surface area contributed by atoms with E-state index >= 15 is 0 Å². The molecule has 0 amide bonds. The number of thiazole rings is 1. The van der Waals surface area contributed by atoms with Gasteiger partial charge in [-0.2, -0.15) is 0 Å². The van der Waals surface area contributed by atoms with Gasteiger partial charge in [0.15, 0.2) is 0 Å². The molecule has 1 N–H and O–H groups in total. The van der Waals surface area contributed by atoms with Crippen molar-refractivity contribution < 1.29 is 9.47 Å². The first-order valence-electron chi connectivity index (χ1n) is 6.14. The largest absolute Gasteiger partial charge is 0.497 e. The van der Waals surface area contributed by atoms with Gasteiger partial charge < -0.3 is 14.8 Å². The Bertz CT molecular complexity index is 514. The molecule has 2 aromatic rings. The molecule has 1 unspecified atom stereocenters. The molecule has 1 heterocycles. The third kappa shape index (κ3) is 3.05. The first kappa shape index (κ1) is 13.8. The molecule has 0 saturated heterocycles. The number of ether oxygens (including phenoxy) is 2. The summed E-state index contributed by atoms with van der Waals surface area (Å²) in [5.41, 5.74) is 1.04. The van der Waals surface area contributed by atoms with Crippen molar-refractivity contribution in [3.63, 3.8) is 0 Å². The predicted molar refractivity (Wildman–Crippen MR) is 77.2 cm³/mol. The zero-order chi connectivity index (χ0) is 13.7. The highest BCUT2D eigenvalue weighted by molar-refractivity contribution is 7.09. The van der Waals surface area contributed by atoms with Crippen LogP contribution in [0.5, 0.6) is 11.5 Å². The van der Waals surface area contributed by atoms with Crippen LogP contribution in [0.4, 0.5) is 0 Å². The van der Waals surface area contributed by atoms with Gasteiger partial charge in [-0.05, 0) is 24.7 Å². The summed E-state index contributed by atoms with van der Waals surface area (Å²) in [6.07, 6.45) is 1.82. The predicted octanol–water partition coefficient (Wildman–Crippen LogP) is 2.86. The Hall–Kier alpha value is -1.59. The van der Waals surface area contributed by atoms with Crippen molar-refractivity contribution in [3.05, 3.63) is 40.3 Å². The molecule has 102 valence electrons. The first-order chi connectivity index (χ1) is 9.30. The molecule has 1 atom stereocenters. The fourth-order valence-electron chi connectivity index (χ4n) is 1.98. The van der Waals surface area contributed by atoms with Crippen LogP contribution in [0.1, 0.15) is 23.5 Å². The molecule has 2 rings (SSSR count). The van der Waals surface area contributed by atoms with E-state index in [1.165, 1.54) is 0 Å². The second-order valence-electron chi connectivity index (χ2n) is 3.97. The number of nitrogens with zero attached hydrogens (tertiary/aromatic N) is 1. The Morgan fingerprint density at radius 2 is 2.16 bits per heavy atom. The van der Waals surface area contributed by atoms with Crippen molar-refractivity contribution in [1.82, 2.24) is 10.3 Å². The number of methoxy groups -OCH3 is 2. The van der Waals surface area contributed by atoms with Gasteiger partial charge >= 0.3 is 0 Å². The maximum atomic E-state index is 5.45. The Morgan fingerprint density at radius 1 is 1.32 bits per heavy atom. The van der Waals surface area contributed by atoms with Crippen molar-refractivity contribution >= 4 is 11.3 Å². The van der Waals surface area contributed by atoms with Crippen LogP contribution < -0.4 is 14.8 Å². The average molecular weight is 278 g/mol. The van der Waals surface area contributed by atoms with Gasteiger partial charge in [0.2, 0.25) is 0 Å². The van der Waals surface area contributed by atoms with Crippen LogP contribution in [0.3, 0.4) is 0 Å². The lowest BCUT2D eigenvalue weighted by molar-refractivity contribution is 0.394. The Morgan fingerprint density at radius 3 is 2.74 bits per heavy atom. The summed E-state index contributed by atoms with van der Waals surface area (Å²) in [6, 6.07) is 5.84. The van der Waals surface area contributed by atoms with Crippen LogP contribution in [0.25, 0.3) is 0 Å². The minimum absolute atomic E-state index is 0.0232. The number of hydrogen-bond donors (Lipinski definition) is 1. The van der Waals surface area contributed by atoms with Crippen LogP contribution in [0, 0.1) is 0 Å². The quantitative estimate of drug-likeness (QED) is 0.882. The topological polar surface area (TPSA) is 43.4 Å². The van der Waals surface area contributed by atoms with Crippen LogP contribution in [0.2, 0.25) is 0 Å². The molecule has 0 radical (unpaired) electrons. The van der Waals surface area contributed by atoms with Gasteiger partial charge in [-0.3, -0.25) is 0 Å². The minimum atomic E-state index is 0.0232. The second kappa shape index (κ2) is 6.54.